The van der Waals surface area contributed by atoms with Crippen molar-refractivity contribution in [2.75, 3.05) is 25.0 Å². The number of thiophene rings is 2. The van der Waals surface area contributed by atoms with Gasteiger partial charge in [-0.1, -0.05) is 6.07 Å². The molecule has 0 aromatic carbocycles. The Bertz CT molecular complexity index is 852. The lowest BCUT2D eigenvalue weighted by molar-refractivity contribution is -0.881. The SMILES string of the molecule is CC[NH+](CC(=O)NCc1cccs1)CC(=O)Nc1sc2c(c1C#N)CCC2. The number of quaternary nitrogens is 1. The maximum Gasteiger partial charge on any atom is 0.280 e. The van der Waals surface area contributed by atoms with Gasteiger partial charge in [0.05, 0.1) is 18.7 Å². The largest absolute Gasteiger partial charge is 0.346 e. The predicted octanol–water partition coefficient (Wildman–Crippen LogP) is 1.33. The van der Waals surface area contributed by atoms with E-state index in [9.17, 15) is 14.9 Å². The first-order chi connectivity index (χ1) is 13.1. The van der Waals surface area contributed by atoms with E-state index in [2.05, 4.69) is 16.7 Å². The molecule has 0 saturated carbocycles. The number of anilines is 1. The molecule has 2 aromatic heterocycles. The summed E-state index contributed by atoms with van der Waals surface area (Å²) in [6, 6.07) is 6.17. The fraction of sp³-hybridized carbons (Fsp3) is 0.421. The summed E-state index contributed by atoms with van der Waals surface area (Å²) >= 11 is 3.12. The maximum absolute atomic E-state index is 12.4. The third-order valence-corrected chi connectivity index (χ3v) is 6.73. The highest BCUT2D eigenvalue weighted by Crippen LogP contribution is 2.38. The normalized spacial score (nSPS) is 13.6. The molecule has 0 spiro atoms. The number of nitrogens with zero attached hydrogens (tertiary/aromatic N) is 1. The summed E-state index contributed by atoms with van der Waals surface area (Å²) in [5.41, 5.74) is 1.72. The lowest BCUT2D eigenvalue weighted by Gasteiger charge is -2.16. The molecule has 0 fully saturated rings. The summed E-state index contributed by atoms with van der Waals surface area (Å²) in [6.07, 6.45) is 2.99. The van der Waals surface area contributed by atoms with Gasteiger partial charge in [-0.3, -0.25) is 9.59 Å². The number of carbonyl (C=O) groups excluding carboxylic acids is 2. The Balaban J connectivity index is 1.51. The minimum absolute atomic E-state index is 0.0686. The van der Waals surface area contributed by atoms with Crippen LogP contribution in [0.3, 0.4) is 0 Å². The molecule has 3 N–H and O–H groups in total. The van der Waals surface area contributed by atoms with Crippen LogP contribution in [0, 0.1) is 11.3 Å². The number of carbonyl (C=O) groups is 2. The zero-order chi connectivity index (χ0) is 19.2. The van der Waals surface area contributed by atoms with Gasteiger partial charge in [0.15, 0.2) is 13.1 Å². The molecule has 1 unspecified atom stereocenters. The number of hydrogen-bond donors (Lipinski definition) is 3. The molecule has 142 valence electrons. The van der Waals surface area contributed by atoms with Crippen molar-refractivity contribution in [2.45, 2.75) is 32.7 Å². The number of nitriles is 1. The van der Waals surface area contributed by atoms with E-state index < -0.39 is 0 Å². The number of amides is 2. The molecule has 0 saturated heterocycles. The monoisotopic (exact) mass is 403 g/mol. The van der Waals surface area contributed by atoms with Crippen LogP contribution >= 0.6 is 22.7 Å². The molecule has 8 heteroatoms. The van der Waals surface area contributed by atoms with Gasteiger partial charge in [0.1, 0.15) is 11.1 Å². The highest BCUT2D eigenvalue weighted by atomic mass is 32.1. The smallest absolute Gasteiger partial charge is 0.280 e. The maximum atomic E-state index is 12.4. The Morgan fingerprint density at radius 1 is 1.30 bits per heavy atom. The molecule has 3 rings (SSSR count). The molecular formula is C19H23N4O2S2+. The molecule has 1 atom stereocenters. The minimum Gasteiger partial charge on any atom is -0.346 e. The van der Waals surface area contributed by atoms with Crippen LogP contribution in [0.15, 0.2) is 17.5 Å². The first kappa shape index (κ1) is 19.5. The molecule has 0 aliphatic heterocycles. The Morgan fingerprint density at radius 2 is 2.11 bits per heavy atom. The summed E-state index contributed by atoms with van der Waals surface area (Å²) in [6.45, 7) is 3.60. The molecule has 27 heavy (non-hydrogen) atoms. The third kappa shape index (κ3) is 4.95. The van der Waals surface area contributed by atoms with E-state index in [0.29, 0.717) is 23.7 Å². The van der Waals surface area contributed by atoms with Crippen molar-refractivity contribution >= 4 is 39.5 Å². The van der Waals surface area contributed by atoms with Crippen LogP contribution in [-0.2, 0) is 29.0 Å². The summed E-state index contributed by atoms with van der Waals surface area (Å²) in [7, 11) is 0. The molecule has 6 nitrogen and oxygen atoms in total. The van der Waals surface area contributed by atoms with Gasteiger partial charge in [-0.25, -0.2) is 0 Å². The van der Waals surface area contributed by atoms with Gasteiger partial charge in [0.25, 0.3) is 11.8 Å². The van der Waals surface area contributed by atoms with Crippen LogP contribution < -0.4 is 15.5 Å². The first-order valence-corrected chi connectivity index (χ1v) is 10.8. The number of rotatable bonds is 8. The van der Waals surface area contributed by atoms with E-state index in [1.165, 1.54) is 16.2 Å². The Labute approximate surface area is 166 Å². The zero-order valence-corrected chi connectivity index (χ0v) is 16.9. The van der Waals surface area contributed by atoms with E-state index in [0.717, 1.165) is 34.6 Å². The van der Waals surface area contributed by atoms with Crippen LogP contribution in [0.4, 0.5) is 5.00 Å². The number of aryl methyl sites for hydroxylation is 1. The second-order valence-electron chi connectivity index (χ2n) is 6.53. The average Bonchev–Trinajstić information content (AvgIpc) is 3.36. The standard InChI is InChI=1S/C19H22N4O2S2/c1-2-23(11-17(24)21-10-13-5-4-8-26-13)12-18(25)22-19-15(9-20)14-6-3-7-16(14)27-19/h4-5,8H,2-3,6-7,10-12H2,1H3,(H,21,24)(H,22,25)/p+1. The van der Waals surface area contributed by atoms with Gasteiger partial charge in [0.2, 0.25) is 0 Å². The van der Waals surface area contributed by atoms with E-state index in [-0.39, 0.29) is 24.9 Å². The van der Waals surface area contributed by atoms with E-state index in [4.69, 9.17) is 0 Å². The molecule has 0 bridgehead atoms. The molecule has 1 aliphatic rings. The van der Waals surface area contributed by atoms with Gasteiger partial charge in [-0.2, -0.15) is 5.26 Å². The molecule has 2 heterocycles. The van der Waals surface area contributed by atoms with E-state index in [1.54, 1.807) is 11.3 Å². The first-order valence-electron chi connectivity index (χ1n) is 9.07. The van der Waals surface area contributed by atoms with Crippen molar-refractivity contribution in [3.8, 4) is 6.07 Å². The van der Waals surface area contributed by atoms with Crippen LogP contribution in [0.5, 0.6) is 0 Å². The second-order valence-corrected chi connectivity index (χ2v) is 8.67. The lowest BCUT2D eigenvalue weighted by atomic mass is 10.1. The average molecular weight is 404 g/mol. The highest BCUT2D eigenvalue weighted by molar-refractivity contribution is 7.16. The second kappa shape index (κ2) is 9.13. The highest BCUT2D eigenvalue weighted by Gasteiger charge is 2.24. The quantitative estimate of drug-likeness (QED) is 0.622. The fourth-order valence-corrected chi connectivity index (χ4v) is 5.11. The van der Waals surface area contributed by atoms with Crippen LogP contribution in [-0.4, -0.2) is 31.4 Å². The summed E-state index contributed by atoms with van der Waals surface area (Å²) in [5, 5.41) is 17.8. The van der Waals surface area contributed by atoms with E-state index >= 15 is 0 Å². The van der Waals surface area contributed by atoms with Crippen LogP contribution in [0.1, 0.15) is 34.2 Å². The number of fused-ring (bicyclic) bond motifs is 1. The number of hydrogen-bond acceptors (Lipinski definition) is 5. The van der Waals surface area contributed by atoms with Crippen molar-refractivity contribution in [3.63, 3.8) is 0 Å². The Kier molecular flexibility index (Phi) is 6.61. The van der Waals surface area contributed by atoms with Crippen molar-refractivity contribution < 1.29 is 14.5 Å². The van der Waals surface area contributed by atoms with Crippen molar-refractivity contribution in [2.24, 2.45) is 0 Å². The lowest BCUT2D eigenvalue weighted by Crippen LogP contribution is -3.13. The topological polar surface area (TPSA) is 86.4 Å². The van der Waals surface area contributed by atoms with Crippen molar-refractivity contribution in [1.29, 1.82) is 5.26 Å². The van der Waals surface area contributed by atoms with Gasteiger partial charge in [0, 0.05) is 9.75 Å². The summed E-state index contributed by atoms with van der Waals surface area (Å²) in [4.78, 5) is 27.8. The van der Waals surface area contributed by atoms with E-state index in [1.807, 2.05) is 24.4 Å². The van der Waals surface area contributed by atoms with Crippen molar-refractivity contribution in [3.05, 3.63) is 38.4 Å². The number of nitrogens with one attached hydrogen (secondary N) is 3. The third-order valence-electron chi connectivity index (χ3n) is 4.65. The fourth-order valence-electron chi connectivity index (χ4n) is 3.21. The zero-order valence-electron chi connectivity index (χ0n) is 15.3. The minimum atomic E-state index is -0.158. The summed E-state index contributed by atoms with van der Waals surface area (Å²) < 4.78 is 0. The molecular weight excluding hydrogens is 380 g/mol. The van der Waals surface area contributed by atoms with Gasteiger partial charge in [-0.05, 0) is 43.2 Å². The van der Waals surface area contributed by atoms with Gasteiger partial charge >= 0.3 is 0 Å². The van der Waals surface area contributed by atoms with Crippen LogP contribution in [0.2, 0.25) is 0 Å². The Morgan fingerprint density at radius 3 is 2.81 bits per heavy atom. The molecule has 2 aromatic rings. The number of likely N-dealkylation sites (N-methyl/N-ethyl adjacent to an activating group) is 1. The summed E-state index contributed by atoms with van der Waals surface area (Å²) in [5.74, 6) is -0.227. The predicted molar refractivity (Wildman–Crippen MR) is 107 cm³/mol. The molecule has 0 radical (unpaired) electrons. The van der Waals surface area contributed by atoms with Gasteiger partial charge in [-0.15, -0.1) is 22.7 Å². The van der Waals surface area contributed by atoms with Gasteiger partial charge < -0.3 is 15.5 Å². The van der Waals surface area contributed by atoms with Crippen molar-refractivity contribution in [1.82, 2.24) is 5.32 Å². The molecule has 2 amide bonds. The Hall–Kier alpha value is -2.21. The van der Waals surface area contributed by atoms with Crippen LogP contribution in [0.25, 0.3) is 0 Å². The molecule has 1 aliphatic carbocycles.